The van der Waals surface area contributed by atoms with E-state index in [1.54, 1.807) is 0 Å². The molecule has 75 heavy (non-hydrogen) atoms. The molecule has 0 amide bonds. The number of hydrogen-bond donors (Lipinski definition) is 0. The van der Waals surface area contributed by atoms with E-state index in [2.05, 4.69) is 179 Å². The summed E-state index contributed by atoms with van der Waals surface area (Å²) in [5.74, 6) is -1.05. The molecule has 0 aromatic carbocycles. The van der Waals surface area contributed by atoms with Gasteiger partial charge in [0.15, 0.2) is 6.10 Å². The van der Waals surface area contributed by atoms with Gasteiger partial charge in [-0.15, -0.1) is 0 Å². The average molecular weight is 1030 g/mol. The van der Waals surface area contributed by atoms with Gasteiger partial charge in [0, 0.05) is 19.3 Å². The summed E-state index contributed by atoms with van der Waals surface area (Å²) < 4.78 is 16.7. The molecule has 0 N–H and O–H groups in total. The van der Waals surface area contributed by atoms with Gasteiger partial charge in [-0.05, 0) is 135 Å². The lowest BCUT2D eigenvalue weighted by Gasteiger charge is -2.18. The topological polar surface area (TPSA) is 78.9 Å². The van der Waals surface area contributed by atoms with Gasteiger partial charge in [-0.3, -0.25) is 14.4 Å². The highest BCUT2D eigenvalue weighted by molar-refractivity contribution is 5.71. The number of allylic oxidation sites excluding steroid dienone is 28. The van der Waals surface area contributed by atoms with Crippen molar-refractivity contribution < 1.29 is 28.6 Å². The third-order valence-corrected chi connectivity index (χ3v) is 11.7. The number of hydrogen-bond acceptors (Lipinski definition) is 6. The summed E-state index contributed by atoms with van der Waals surface area (Å²) in [5, 5.41) is 0. The summed E-state index contributed by atoms with van der Waals surface area (Å²) in [6.07, 6.45) is 90.8. The van der Waals surface area contributed by atoms with Crippen molar-refractivity contribution in [2.45, 2.75) is 232 Å². The van der Waals surface area contributed by atoms with E-state index in [0.717, 1.165) is 161 Å². The summed E-state index contributed by atoms with van der Waals surface area (Å²) >= 11 is 0. The van der Waals surface area contributed by atoms with Crippen molar-refractivity contribution in [1.82, 2.24) is 0 Å². The number of ether oxygens (including phenoxy) is 3. The molecular formula is C69H106O6. The van der Waals surface area contributed by atoms with Crippen molar-refractivity contribution in [3.05, 3.63) is 170 Å². The fourth-order valence-corrected chi connectivity index (χ4v) is 7.33. The highest BCUT2D eigenvalue weighted by Gasteiger charge is 2.19. The van der Waals surface area contributed by atoms with Crippen LogP contribution in [0.5, 0.6) is 0 Å². The number of rotatable bonds is 51. The number of esters is 3. The van der Waals surface area contributed by atoms with Gasteiger partial charge in [0.2, 0.25) is 0 Å². The Bertz CT molecular complexity index is 1750. The molecule has 0 aromatic heterocycles. The van der Waals surface area contributed by atoms with Gasteiger partial charge >= 0.3 is 17.9 Å². The Morgan fingerprint density at radius 3 is 0.867 bits per heavy atom. The largest absolute Gasteiger partial charge is 0.462 e. The van der Waals surface area contributed by atoms with Crippen LogP contribution in [0.25, 0.3) is 0 Å². The van der Waals surface area contributed by atoms with E-state index in [1.807, 2.05) is 12.2 Å². The minimum atomic E-state index is -0.837. The molecule has 0 fully saturated rings. The van der Waals surface area contributed by atoms with E-state index < -0.39 is 12.1 Å². The molecule has 1 atom stereocenters. The van der Waals surface area contributed by atoms with Crippen molar-refractivity contribution in [3.63, 3.8) is 0 Å². The predicted octanol–water partition coefficient (Wildman–Crippen LogP) is 20.3. The first-order chi connectivity index (χ1) is 37.0. The number of carbonyl (C=O) groups excluding carboxylic acids is 3. The second-order valence-corrected chi connectivity index (χ2v) is 18.8. The van der Waals surface area contributed by atoms with Crippen LogP contribution in [-0.4, -0.2) is 37.2 Å². The summed E-state index contributed by atoms with van der Waals surface area (Å²) in [5.41, 5.74) is 0. The highest BCUT2D eigenvalue weighted by atomic mass is 16.6. The van der Waals surface area contributed by atoms with Gasteiger partial charge < -0.3 is 14.2 Å². The normalized spacial score (nSPS) is 13.4. The zero-order chi connectivity index (χ0) is 54.3. The Labute approximate surface area is 460 Å². The van der Waals surface area contributed by atoms with Crippen LogP contribution in [0, 0.1) is 0 Å². The van der Waals surface area contributed by atoms with Crippen molar-refractivity contribution in [2.75, 3.05) is 13.2 Å². The zero-order valence-electron chi connectivity index (χ0n) is 47.7. The Morgan fingerprint density at radius 1 is 0.280 bits per heavy atom. The monoisotopic (exact) mass is 1030 g/mol. The lowest BCUT2D eigenvalue weighted by atomic mass is 10.1. The van der Waals surface area contributed by atoms with Crippen LogP contribution < -0.4 is 0 Å². The quantitative estimate of drug-likeness (QED) is 0.0261. The van der Waals surface area contributed by atoms with Crippen LogP contribution in [-0.2, 0) is 28.6 Å². The molecule has 0 aromatic rings. The van der Waals surface area contributed by atoms with Crippen LogP contribution in [0.3, 0.4) is 0 Å². The lowest BCUT2D eigenvalue weighted by Crippen LogP contribution is -2.30. The molecule has 0 aliphatic heterocycles. The Kier molecular flexibility index (Phi) is 57.0. The van der Waals surface area contributed by atoms with Crippen molar-refractivity contribution in [3.8, 4) is 0 Å². The van der Waals surface area contributed by atoms with Crippen molar-refractivity contribution in [2.24, 2.45) is 0 Å². The van der Waals surface area contributed by atoms with Crippen LogP contribution >= 0.6 is 0 Å². The molecule has 0 spiro atoms. The molecule has 0 aliphatic carbocycles. The predicted molar refractivity (Wildman–Crippen MR) is 325 cm³/mol. The SMILES string of the molecule is CC/C=C\C/C=C\C/C=C\C/C=C\C/C=C\C/C=C\C/C=C\C/C=C\CCCCCCCCC(=O)OCC(COC(=O)CCCCCCC/C=C\C/C=C\CCC)OC(=O)CC/C=C\C/C=C\C/C=C\C/C=C\CC. The summed E-state index contributed by atoms with van der Waals surface area (Å²) in [4.78, 5) is 38.1. The smallest absolute Gasteiger partial charge is 0.306 e. The second kappa shape index (κ2) is 61.3. The zero-order valence-corrected chi connectivity index (χ0v) is 47.7. The maximum atomic E-state index is 12.8. The van der Waals surface area contributed by atoms with Gasteiger partial charge in [0.05, 0.1) is 0 Å². The standard InChI is InChI=1S/C69H106O6/c1-4-7-10-13-16-19-22-25-26-27-28-29-30-31-32-33-34-35-36-37-38-39-40-41-42-45-47-50-53-56-59-62-68(71)74-65-66(75-69(72)63-60-57-54-51-48-44-24-21-18-15-12-9-6-3)64-73-67(70)61-58-55-52-49-46-43-23-20-17-14-11-8-5-2/h7,9-12,14,16,18-21,23,25-26,28-29,31-32,34-35,37-38,40-41,44,48,54,57,66H,4-6,8,13,15,17,22,24,27,30,33,36,39,42-43,45-47,49-53,55-56,58-65H2,1-3H3/b10-7-,12-9-,14-11-,19-16-,21-18-,23-20-,26-25-,29-28-,32-31-,35-34-,38-37-,41-40-,48-44-,57-54-. The van der Waals surface area contributed by atoms with E-state index >= 15 is 0 Å². The summed E-state index contributed by atoms with van der Waals surface area (Å²) in [7, 11) is 0. The third kappa shape index (κ3) is 59.5. The molecule has 418 valence electrons. The molecule has 0 bridgehead atoms. The van der Waals surface area contributed by atoms with E-state index in [-0.39, 0.29) is 31.6 Å². The first-order valence-electron chi connectivity index (χ1n) is 29.6. The molecule has 0 saturated carbocycles. The maximum absolute atomic E-state index is 12.8. The summed E-state index contributed by atoms with van der Waals surface area (Å²) in [6.45, 7) is 6.23. The minimum absolute atomic E-state index is 0.126. The van der Waals surface area contributed by atoms with Crippen LogP contribution in [0.1, 0.15) is 226 Å². The minimum Gasteiger partial charge on any atom is -0.462 e. The Balaban J connectivity index is 4.37. The molecule has 0 heterocycles. The van der Waals surface area contributed by atoms with Gasteiger partial charge in [-0.1, -0.05) is 242 Å². The Morgan fingerprint density at radius 2 is 0.547 bits per heavy atom. The van der Waals surface area contributed by atoms with Crippen molar-refractivity contribution >= 4 is 17.9 Å². The summed E-state index contributed by atoms with van der Waals surface area (Å²) in [6, 6.07) is 0. The third-order valence-electron chi connectivity index (χ3n) is 11.7. The fourth-order valence-electron chi connectivity index (χ4n) is 7.33. The fraction of sp³-hybridized carbons (Fsp3) is 0.551. The van der Waals surface area contributed by atoms with E-state index in [4.69, 9.17) is 14.2 Å². The highest BCUT2D eigenvalue weighted by Crippen LogP contribution is 2.12. The molecule has 0 radical (unpaired) electrons. The molecule has 0 saturated heterocycles. The molecule has 0 rings (SSSR count). The van der Waals surface area contributed by atoms with Gasteiger partial charge in [-0.25, -0.2) is 0 Å². The van der Waals surface area contributed by atoms with Gasteiger partial charge in [0.25, 0.3) is 0 Å². The van der Waals surface area contributed by atoms with E-state index in [9.17, 15) is 14.4 Å². The van der Waals surface area contributed by atoms with E-state index in [0.29, 0.717) is 19.3 Å². The van der Waals surface area contributed by atoms with Crippen LogP contribution in [0.4, 0.5) is 0 Å². The first kappa shape index (κ1) is 69.8. The van der Waals surface area contributed by atoms with Gasteiger partial charge in [0.1, 0.15) is 13.2 Å². The van der Waals surface area contributed by atoms with E-state index in [1.165, 1.54) is 19.3 Å². The molecule has 6 nitrogen and oxygen atoms in total. The lowest BCUT2D eigenvalue weighted by molar-refractivity contribution is -0.166. The second-order valence-electron chi connectivity index (χ2n) is 18.8. The molecule has 0 aliphatic rings. The van der Waals surface area contributed by atoms with Crippen LogP contribution in [0.2, 0.25) is 0 Å². The number of unbranched alkanes of at least 4 members (excludes halogenated alkanes) is 12. The van der Waals surface area contributed by atoms with Crippen LogP contribution in [0.15, 0.2) is 170 Å². The average Bonchev–Trinajstić information content (AvgIpc) is 3.41. The Hall–Kier alpha value is -5.23. The molecule has 1 unspecified atom stereocenters. The van der Waals surface area contributed by atoms with Gasteiger partial charge in [-0.2, -0.15) is 0 Å². The molecular weight excluding hydrogens is 925 g/mol. The van der Waals surface area contributed by atoms with Crippen molar-refractivity contribution in [1.29, 1.82) is 0 Å². The molecule has 6 heteroatoms. The first-order valence-corrected chi connectivity index (χ1v) is 29.6. The number of carbonyl (C=O) groups is 3. The maximum Gasteiger partial charge on any atom is 0.306 e.